The molecule has 5 nitrogen and oxygen atoms in total. The lowest BCUT2D eigenvalue weighted by Gasteiger charge is -2.53. The van der Waals surface area contributed by atoms with E-state index in [1.54, 1.807) is 0 Å². The SMILES string of the molecule is CCC(C)[C@@H](CO[Si](c1ccccc1)(c1ccccc1)C(C)(C)C)N1C(=O)[C@@](C)(CC(=O)O)C[C@H](c2cccc(Cl)c2)C1c1ccc(Cl)cc1. The molecule has 0 radical (unpaired) electrons. The number of carboxylic acids is 1. The topological polar surface area (TPSA) is 66.8 Å². The van der Waals surface area contributed by atoms with E-state index < -0.39 is 25.7 Å². The molecule has 0 spiro atoms. The van der Waals surface area contributed by atoms with Gasteiger partial charge in [0.25, 0.3) is 8.32 Å². The van der Waals surface area contributed by atoms with Crippen LogP contribution in [0, 0.1) is 11.3 Å². The monoisotopic (exact) mass is 729 g/mol. The minimum Gasteiger partial charge on any atom is -0.481 e. The average molecular weight is 731 g/mol. The van der Waals surface area contributed by atoms with Gasteiger partial charge in [-0.15, -0.1) is 0 Å². The molecule has 4 aromatic carbocycles. The van der Waals surface area contributed by atoms with Gasteiger partial charge in [0.1, 0.15) is 0 Å². The number of carbonyl (C=O) groups is 2. The van der Waals surface area contributed by atoms with Gasteiger partial charge in [-0.25, -0.2) is 0 Å². The molecule has 5 atom stereocenters. The van der Waals surface area contributed by atoms with E-state index in [0.717, 1.165) is 27.9 Å². The molecular weight excluding hydrogens is 681 g/mol. The molecule has 0 aliphatic carbocycles. The van der Waals surface area contributed by atoms with E-state index in [1.165, 1.54) is 0 Å². The highest BCUT2D eigenvalue weighted by atomic mass is 35.5. The largest absolute Gasteiger partial charge is 0.481 e. The highest BCUT2D eigenvalue weighted by Crippen LogP contribution is 2.53. The van der Waals surface area contributed by atoms with E-state index in [0.29, 0.717) is 16.5 Å². The molecule has 4 aromatic rings. The lowest BCUT2D eigenvalue weighted by molar-refractivity contribution is -0.163. The van der Waals surface area contributed by atoms with E-state index in [9.17, 15) is 9.90 Å². The molecule has 0 aromatic heterocycles. The third-order valence-corrected chi connectivity index (χ3v) is 16.2. The van der Waals surface area contributed by atoms with E-state index >= 15 is 4.79 Å². The summed E-state index contributed by atoms with van der Waals surface area (Å²) in [6, 6.07) is 35.7. The summed E-state index contributed by atoms with van der Waals surface area (Å²) >= 11 is 13.0. The fraction of sp³-hybridized carbons (Fsp3) is 0.381. The second-order valence-electron chi connectivity index (χ2n) is 15.1. The summed E-state index contributed by atoms with van der Waals surface area (Å²) in [4.78, 5) is 29.6. The summed E-state index contributed by atoms with van der Waals surface area (Å²) in [6.45, 7) is 13.1. The van der Waals surface area contributed by atoms with Crippen molar-refractivity contribution in [3.05, 3.63) is 130 Å². The van der Waals surface area contributed by atoms with Crippen LogP contribution >= 0.6 is 23.2 Å². The zero-order valence-electron chi connectivity index (χ0n) is 29.9. The quantitative estimate of drug-likeness (QED) is 0.148. The highest BCUT2D eigenvalue weighted by Gasteiger charge is 2.55. The summed E-state index contributed by atoms with van der Waals surface area (Å²) in [5, 5.41) is 13.4. The Balaban J connectivity index is 1.73. The van der Waals surface area contributed by atoms with Gasteiger partial charge in [0.2, 0.25) is 5.91 Å². The van der Waals surface area contributed by atoms with Crippen molar-refractivity contribution in [1.82, 2.24) is 4.90 Å². The number of piperidine rings is 1. The molecule has 0 bridgehead atoms. The lowest BCUT2D eigenvalue weighted by Crippen LogP contribution is -2.68. The number of carboxylic acid groups (broad SMARTS) is 1. The summed E-state index contributed by atoms with van der Waals surface area (Å²) in [7, 11) is -2.98. The Bertz CT molecular complexity index is 1720. The molecule has 1 amide bonds. The van der Waals surface area contributed by atoms with Gasteiger partial charge < -0.3 is 14.4 Å². The lowest BCUT2D eigenvalue weighted by atomic mass is 9.66. The standard InChI is InChI=1S/C42H49Cl2NO4Si/c1-7-29(2)37(28-49-50(41(3,4)5,34-17-10-8-11-18-34)35-19-12-9-13-20-35)45-39(30-21-23-32(43)24-22-30)36(31-15-14-16-33(44)25-31)26-42(6,40(45)48)27-38(46)47/h8-25,29,36-37,39H,7,26-28H2,1-6H3,(H,46,47)/t29?,36-,37-,39?,42-/m1/s1. The Hall–Kier alpha value is -3.42. The maximum Gasteiger partial charge on any atom is 0.304 e. The fourth-order valence-corrected chi connectivity index (χ4v) is 12.9. The molecule has 1 aliphatic rings. The maximum absolute atomic E-state index is 15.2. The molecule has 5 rings (SSSR count). The number of amides is 1. The first kappa shape index (κ1) is 37.8. The van der Waals surface area contributed by atoms with Crippen molar-refractivity contribution in [2.45, 2.75) is 83.8 Å². The second kappa shape index (κ2) is 15.4. The number of carbonyl (C=O) groups excluding carboxylic acids is 1. The maximum atomic E-state index is 15.2. The zero-order chi connectivity index (χ0) is 36.3. The molecule has 264 valence electrons. The predicted molar refractivity (Wildman–Crippen MR) is 207 cm³/mol. The minimum atomic E-state index is -2.98. The van der Waals surface area contributed by atoms with Crippen LogP contribution in [0.15, 0.2) is 109 Å². The van der Waals surface area contributed by atoms with Crippen molar-refractivity contribution in [3.8, 4) is 0 Å². The van der Waals surface area contributed by atoms with Gasteiger partial charge in [0.05, 0.1) is 30.5 Å². The van der Waals surface area contributed by atoms with Crippen LogP contribution in [0.25, 0.3) is 0 Å². The Morgan fingerprint density at radius 2 is 1.48 bits per heavy atom. The fourth-order valence-electron chi connectivity index (χ4n) is 8.01. The number of aliphatic carboxylic acids is 1. The molecular formula is C42H49Cl2NO4Si. The molecule has 1 fully saturated rings. The van der Waals surface area contributed by atoms with E-state index in [4.69, 9.17) is 27.6 Å². The number of likely N-dealkylation sites (tertiary alicyclic amines) is 1. The number of halogens is 2. The first-order valence-corrected chi connectivity index (χ1v) is 20.2. The van der Waals surface area contributed by atoms with Gasteiger partial charge in [-0.3, -0.25) is 9.59 Å². The van der Waals surface area contributed by atoms with Crippen LogP contribution in [0.2, 0.25) is 15.1 Å². The first-order chi connectivity index (χ1) is 23.7. The van der Waals surface area contributed by atoms with Crippen molar-refractivity contribution in [1.29, 1.82) is 0 Å². The second-order valence-corrected chi connectivity index (χ2v) is 20.3. The Labute approximate surface area is 308 Å². The third-order valence-electron chi connectivity index (χ3n) is 10.7. The molecule has 1 aliphatic heterocycles. The van der Waals surface area contributed by atoms with Crippen molar-refractivity contribution in [3.63, 3.8) is 0 Å². The first-order valence-electron chi connectivity index (χ1n) is 17.5. The van der Waals surface area contributed by atoms with Crippen LogP contribution in [-0.4, -0.2) is 42.8 Å². The van der Waals surface area contributed by atoms with E-state index in [-0.39, 0.29) is 41.9 Å². The van der Waals surface area contributed by atoms with Crippen LogP contribution in [0.3, 0.4) is 0 Å². The predicted octanol–water partition coefficient (Wildman–Crippen LogP) is 9.52. The number of benzene rings is 4. The molecule has 1 saturated heterocycles. The molecule has 2 unspecified atom stereocenters. The van der Waals surface area contributed by atoms with Crippen LogP contribution in [0.1, 0.15) is 83.9 Å². The van der Waals surface area contributed by atoms with Gasteiger partial charge in [-0.05, 0) is 63.1 Å². The van der Waals surface area contributed by atoms with E-state index in [2.05, 4.69) is 83.1 Å². The van der Waals surface area contributed by atoms with Crippen molar-refractivity contribution < 1.29 is 19.1 Å². The van der Waals surface area contributed by atoms with Gasteiger partial charge in [0.15, 0.2) is 0 Å². The number of nitrogens with zero attached hydrogens (tertiary/aromatic N) is 1. The van der Waals surface area contributed by atoms with Gasteiger partial charge in [-0.1, -0.05) is 156 Å². The van der Waals surface area contributed by atoms with Crippen LogP contribution in [-0.2, 0) is 14.0 Å². The number of hydrogen-bond donors (Lipinski definition) is 1. The summed E-state index contributed by atoms with van der Waals surface area (Å²) < 4.78 is 7.55. The van der Waals surface area contributed by atoms with Gasteiger partial charge >= 0.3 is 5.97 Å². The minimum absolute atomic E-state index is 0.0270. The van der Waals surface area contributed by atoms with Crippen molar-refractivity contribution in [2.75, 3.05) is 6.61 Å². The summed E-state index contributed by atoms with van der Waals surface area (Å²) in [5.74, 6) is -1.38. The number of rotatable bonds is 12. The molecule has 0 saturated carbocycles. The summed E-state index contributed by atoms with van der Waals surface area (Å²) in [6.07, 6.45) is 0.865. The molecule has 1 heterocycles. The van der Waals surface area contributed by atoms with Gasteiger partial charge in [0, 0.05) is 16.0 Å². The smallest absolute Gasteiger partial charge is 0.304 e. The van der Waals surface area contributed by atoms with Crippen LogP contribution < -0.4 is 10.4 Å². The Kier molecular flexibility index (Phi) is 11.7. The van der Waals surface area contributed by atoms with Crippen LogP contribution in [0.5, 0.6) is 0 Å². The van der Waals surface area contributed by atoms with Gasteiger partial charge in [-0.2, -0.15) is 0 Å². The van der Waals surface area contributed by atoms with Crippen LogP contribution in [0.4, 0.5) is 0 Å². The Morgan fingerprint density at radius 1 is 0.900 bits per heavy atom. The molecule has 50 heavy (non-hydrogen) atoms. The highest BCUT2D eigenvalue weighted by molar-refractivity contribution is 6.99. The summed E-state index contributed by atoms with van der Waals surface area (Å²) in [5.41, 5.74) is 0.733. The average Bonchev–Trinajstić information content (AvgIpc) is 3.08. The normalized spacial score (nSPS) is 21.1. The molecule has 1 N–H and O–H groups in total. The Morgan fingerprint density at radius 3 is 1.98 bits per heavy atom. The third kappa shape index (κ3) is 7.59. The number of hydrogen-bond acceptors (Lipinski definition) is 3. The van der Waals surface area contributed by atoms with Crippen molar-refractivity contribution in [2.24, 2.45) is 11.3 Å². The molecule has 8 heteroatoms. The van der Waals surface area contributed by atoms with E-state index in [1.807, 2.05) is 72.5 Å². The zero-order valence-corrected chi connectivity index (χ0v) is 32.4. The van der Waals surface area contributed by atoms with Crippen molar-refractivity contribution >= 4 is 53.8 Å².